The standard InChI is InChI=1S/C23H17FN6O6S/c24-13-8-27-30-16(22(33)26-7-12-4-18(23(34)35)37-10-12)5-15(29-20(13)30)21(32)25-6-11-1-2-17-14(3-11)28-19(31)9-36-17/h1-5,8,10H,6-7,9H2,(H,25,32)(H,26,33)(H,28,31)(H,34,35). The number of fused-ring (bicyclic) bond motifs is 2. The summed E-state index contributed by atoms with van der Waals surface area (Å²) in [5.41, 5.74) is 1.04. The van der Waals surface area contributed by atoms with Gasteiger partial charge in [0.05, 0.1) is 11.9 Å². The van der Waals surface area contributed by atoms with Gasteiger partial charge in [-0.1, -0.05) is 6.07 Å². The second-order valence-corrected chi connectivity index (χ2v) is 8.82. The molecule has 0 radical (unpaired) electrons. The number of aromatic carboxylic acids is 1. The number of aromatic nitrogens is 3. The van der Waals surface area contributed by atoms with Crippen LogP contribution in [-0.2, 0) is 17.9 Å². The minimum Gasteiger partial charge on any atom is -0.482 e. The van der Waals surface area contributed by atoms with Crippen LogP contribution < -0.4 is 20.7 Å². The average Bonchev–Trinajstić information content (AvgIpc) is 3.52. The van der Waals surface area contributed by atoms with Crippen LogP contribution >= 0.6 is 11.3 Å². The van der Waals surface area contributed by atoms with Crippen molar-refractivity contribution in [3.05, 3.63) is 75.1 Å². The van der Waals surface area contributed by atoms with Crippen molar-refractivity contribution in [2.45, 2.75) is 13.1 Å². The monoisotopic (exact) mass is 524 g/mol. The first-order valence-electron chi connectivity index (χ1n) is 10.8. The van der Waals surface area contributed by atoms with E-state index in [4.69, 9.17) is 9.84 Å². The molecule has 0 spiro atoms. The average molecular weight is 524 g/mol. The van der Waals surface area contributed by atoms with E-state index in [1.54, 1.807) is 23.6 Å². The van der Waals surface area contributed by atoms with Crippen LogP contribution in [0.5, 0.6) is 5.75 Å². The molecule has 1 aliphatic rings. The highest BCUT2D eigenvalue weighted by molar-refractivity contribution is 7.12. The molecule has 0 unspecified atom stereocenters. The van der Waals surface area contributed by atoms with Gasteiger partial charge in [0.2, 0.25) is 0 Å². The Morgan fingerprint density at radius 2 is 1.92 bits per heavy atom. The number of carbonyl (C=O) groups excluding carboxylic acids is 3. The van der Waals surface area contributed by atoms with Gasteiger partial charge in [-0.15, -0.1) is 11.3 Å². The van der Waals surface area contributed by atoms with E-state index in [-0.39, 0.29) is 47.5 Å². The van der Waals surface area contributed by atoms with E-state index in [0.717, 1.165) is 22.0 Å². The summed E-state index contributed by atoms with van der Waals surface area (Å²) < 4.78 is 20.6. The van der Waals surface area contributed by atoms with E-state index in [2.05, 4.69) is 26.0 Å². The summed E-state index contributed by atoms with van der Waals surface area (Å²) >= 11 is 1.02. The third kappa shape index (κ3) is 4.95. The van der Waals surface area contributed by atoms with Gasteiger partial charge in [0, 0.05) is 19.2 Å². The van der Waals surface area contributed by atoms with Gasteiger partial charge in [-0.3, -0.25) is 14.4 Å². The number of rotatable bonds is 7. The quantitative estimate of drug-likeness (QED) is 0.284. The van der Waals surface area contributed by atoms with Gasteiger partial charge in [0.25, 0.3) is 17.7 Å². The molecule has 14 heteroatoms. The first kappa shape index (κ1) is 23.9. The Balaban J connectivity index is 1.33. The number of benzene rings is 1. The van der Waals surface area contributed by atoms with Gasteiger partial charge in [-0.05, 0) is 34.7 Å². The molecule has 0 saturated heterocycles. The van der Waals surface area contributed by atoms with Crippen molar-refractivity contribution in [3.8, 4) is 5.75 Å². The van der Waals surface area contributed by atoms with Crippen LogP contribution in [0.3, 0.4) is 0 Å². The van der Waals surface area contributed by atoms with Gasteiger partial charge >= 0.3 is 5.97 Å². The first-order chi connectivity index (χ1) is 17.8. The van der Waals surface area contributed by atoms with Crippen LogP contribution in [0.25, 0.3) is 5.65 Å². The molecule has 3 aromatic heterocycles. The van der Waals surface area contributed by atoms with Crippen LogP contribution in [0, 0.1) is 5.82 Å². The predicted molar refractivity (Wildman–Crippen MR) is 127 cm³/mol. The predicted octanol–water partition coefficient (Wildman–Crippen LogP) is 1.82. The maximum Gasteiger partial charge on any atom is 0.345 e. The Bertz CT molecular complexity index is 1580. The van der Waals surface area contributed by atoms with Crippen molar-refractivity contribution in [1.29, 1.82) is 0 Å². The largest absolute Gasteiger partial charge is 0.482 e. The van der Waals surface area contributed by atoms with Crippen molar-refractivity contribution in [3.63, 3.8) is 0 Å². The fourth-order valence-corrected chi connectivity index (χ4v) is 4.33. The zero-order valence-electron chi connectivity index (χ0n) is 18.8. The van der Waals surface area contributed by atoms with Gasteiger partial charge in [0.1, 0.15) is 22.0 Å². The van der Waals surface area contributed by atoms with Crippen LogP contribution in [0.4, 0.5) is 10.1 Å². The SMILES string of the molecule is O=C1COc2ccc(CNC(=O)c3cc(C(=O)NCc4csc(C(=O)O)c4)n4ncc(F)c4n3)cc2N1. The van der Waals surface area contributed by atoms with E-state index in [1.165, 1.54) is 12.1 Å². The number of nitrogens with one attached hydrogen (secondary N) is 3. The number of carbonyl (C=O) groups is 4. The minimum atomic E-state index is -1.07. The van der Waals surface area contributed by atoms with Gasteiger partial charge in [-0.2, -0.15) is 5.10 Å². The number of nitrogens with zero attached hydrogens (tertiary/aromatic N) is 3. The van der Waals surface area contributed by atoms with Gasteiger partial charge in [0.15, 0.2) is 18.1 Å². The van der Waals surface area contributed by atoms with Crippen molar-refractivity contribution in [1.82, 2.24) is 25.2 Å². The van der Waals surface area contributed by atoms with Crippen LogP contribution in [0.15, 0.2) is 41.9 Å². The Morgan fingerprint density at radius 3 is 2.70 bits per heavy atom. The van der Waals surface area contributed by atoms with E-state index in [9.17, 15) is 23.6 Å². The molecule has 1 aliphatic heterocycles. The van der Waals surface area contributed by atoms with Crippen molar-refractivity contribution in [2.24, 2.45) is 0 Å². The Morgan fingerprint density at radius 1 is 1.14 bits per heavy atom. The van der Waals surface area contributed by atoms with Crippen molar-refractivity contribution in [2.75, 3.05) is 11.9 Å². The van der Waals surface area contributed by atoms with Crippen LogP contribution in [0.1, 0.15) is 41.8 Å². The molecule has 188 valence electrons. The van der Waals surface area contributed by atoms with Crippen molar-refractivity contribution < 1.29 is 33.4 Å². The molecule has 4 N–H and O–H groups in total. The third-order valence-electron chi connectivity index (χ3n) is 5.34. The van der Waals surface area contributed by atoms with E-state index >= 15 is 0 Å². The van der Waals surface area contributed by atoms with E-state index < -0.39 is 23.6 Å². The zero-order valence-corrected chi connectivity index (χ0v) is 19.6. The number of hydrogen-bond donors (Lipinski definition) is 4. The molecular formula is C23H17FN6O6S. The lowest BCUT2D eigenvalue weighted by atomic mass is 10.1. The summed E-state index contributed by atoms with van der Waals surface area (Å²) in [6, 6.07) is 7.64. The molecule has 0 fully saturated rings. The molecule has 0 aliphatic carbocycles. The second-order valence-electron chi connectivity index (χ2n) is 7.91. The number of hydrogen-bond acceptors (Lipinski definition) is 8. The normalized spacial score (nSPS) is 12.4. The highest BCUT2D eigenvalue weighted by atomic mass is 32.1. The Hall–Kier alpha value is -4.85. The number of amides is 3. The lowest BCUT2D eigenvalue weighted by molar-refractivity contribution is -0.118. The first-order valence-corrected chi connectivity index (χ1v) is 11.6. The molecule has 4 aromatic rings. The van der Waals surface area contributed by atoms with Crippen molar-refractivity contribution >= 4 is 46.4 Å². The number of carboxylic acids is 1. The summed E-state index contributed by atoms with van der Waals surface area (Å²) in [7, 11) is 0. The molecular weight excluding hydrogens is 507 g/mol. The number of anilines is 1. The fraction of sp³-hybridized carbons (Fsp3) is 0.130. The lowest BCUT2D eigenvalue weighted by Crippen LogP contribution is -2.28. The number of ether oxygens (including phenoxy) is 1. The summed E-state index contributed by atoms with van der Waals surface area (Å²) in [4.78, 5) is 52.5. The van der Waals surface area contributed by atoms with Crippen LogP contribution in [-0.4, -0.2) is 50.0 Å². The minimum absolute atomic E-state index is 0.0102. The molecule has 4 heterocycles. The van der Waals surface area contributed by atoms with Gasteiger partial charge < -0.3 is 25.8 Å². The number of thiophene rings is 1. The molecule has 3 amide bonds. The second kappa shape index (κ2) is 9.66. The molecule has 1 aromatic carbocycles. The summed E-state index contributed by atoms with van der Waals surface area (Å²) in [5, 5.41) is 22.4. The molecule has 12 nitrogen and oxygen atoms in total. The highest BCUT2D eigenvalue weighted by Gasteiger charge is 2.21. The summed E-state index contributed by atoms with van der Waals surface area (Å²) in [6.07, 6.45) is 0.877. The highest BCUT2D eigenvalue weighted by Crippen LogP contribution is 2.28. The zero-order chi connectivity index (χ0) is 26.1. The molecule has 37 heavy (non-hydrogen) atoms. The van der Waals surface area contributed by atoms with E-state index in [0.29, 0.717) is 22.6 Å². The third-order valence-corrected chi connectivity index (χ3v) is 6.31. The number of halogens is 1. The smallest absolute Gasteiger partial charge is 0.345 e. The lowest BCUT2D eigenvalue weighted by Gasteiger charge is -2.18. The maximum atomic E-state index is 14.3. The van der Waals surface area contributed by atoms with E-state index in [1.807, 2.05) is 0 Å². The Kier molecular flexibility index (Phi) is 6.23. The summed E-state index contributed by atoms with van der Waals surface area (Å²) in [6.45, 7) is -0.00654. The Labute approximate surface area is 211 Å². The summed E-state index contributed by atoms with van der Waals surface area (Å²) in [5.74, 6) is -3.01. The molecule has 0 saturated carbocycles. The van der Waals surface area contributed by atoms with Crippen LogP contribution in [0.2, 0.25) is 0 Å². The molecule has 5 rings (SSSR count). The maximum absolute atomic E-state index is 14.3. The number of carboxylic acid groups (broad SMARTS) is 1. The fourth-order valence-electron chi connectivity index (χ4n) is 3.58. The molecule has 0 atom stereocenters. The van der Waals surface area contributed by atoms with Gasteiger partial charge in [-0.25, -0.2) is 18.7 Å². The molecule has 0 bridgehead atoms. The topological polar surface area (TPSA) is 164 Å².